The van der Waals surface area contributed by atoms with Crippen molar-refractivity contribution in [2.24, 2.45) is 16.3 Å². The molecule has 5 nitrogen and oxygen atoms in total. The summed E-state index contributed by atoms with van der Waals surface area (Å²) in [4.78, 5) is 14.9. The SMILES string of the molecule is CCCC(CCC)(C(=O)N(C)C(CC)CSC)C(N)=NO. The number of hydrogen-bond acceptors (Lipinski definition) is 4. The number of oxime groups is 1. The van der Waals surface area contributed by atoms with E-state index in [1.807, 2.05) is 27.2 Å². The number of nitrogens with zero attached hydrogens (tertiary/aromatic N) is 2. The second kappa shape index (κ2) is 9.92. The molecule has 1 unspecified atom stereocenters. The maximum atomic E-state index is 13.1. The summed E-state index contributed by atoms with van der Waals surface area (Å²) in [5.74, 6) is 0.910. The Kier molecular flexibility index (Phi) is 9.49. The van der Waals surface area contributed by atoms with Gasteiger partial charge < -0.3 is 15.8 Å². The van der Waals surface area contributed by atoms with Gasteiger partial charge in [-0.25, -0.2) is 0 Å². The van der Waals surface area contributed by atoms with Gasteiger partial charge in [-0.05, 0) is 25.5 Å². The Morgan fingerprint density at radius 2 is 1.86 bits per heavy atom. The summed E-state index contributed by atoms with van der Waals surface area (Å²) in [5, 5.41) is 12.3. The number of carbonyl (C=O) groups excluding carboxylic acids is 1. The Labute approximate surface area is 133 Å². The van der Waals surface area contributed by atoms with E-state index in [0.717, 1.165) is 25.0 Å². The molecule has 0 aromatic heterocycles. The van der Waals surface area contributed by atoms with Crippen LogP contribution in [0.4, 0.5) is 0 Å². The quantitative estimate of drug-likeness (QED) is 0.281. The molecule has 1 atom stereocenters. The molecular formula is C15H31N3O2S. The molecule has 0 aromatic carbocycles. The number of carbonyl (C=O) groups is 1. The lowest BCUT2D eigenvalue weighted by molar-refractivity contribution is -0.139. The van der Waals surface area contributed by atoms with Gasteiger partial charge in [0.2, 0.25) is 5.91 Å². The highest BCUT2D eigenvalue weighted by Crippen LogP contribution is 2.33. The zero-order valence-corrected chi connectivity index (χ0v) is 14.9. The summed E-state index contributed by atoms with van der Waals surface area (Å²) in [6, 6.07) is 0.173. The Morgan fingerprint density at radius 1 is 1.33 bits per heavy atom. The minimum Gasteiger partial charge on any atom is -0.409 e. The highest BCUT2D eigenvalue weighted by atomic mass is 32.2. The van der Waals surface area contributed by atoms with Gasteiger partial charge in [0.15, 0.2) is 5.84 Å². The van der Waals surface area contributed by atoms with Crippen LogP contribution in [0.5, 0.6) is 0 Å². The third kappa shape index (κ3) is 4.80. The van der Waals surface area contributed by atoms with E-state index in [1.165, 1.54) is 0 Å². The normalized spacial score (nSPS) is 14.0. The lowest BCUT2D eigenvalue weighted by Crippen LogP contribution is -2.53. The molecule has 21 heavy (non-hydrogen) atoms. The van der Waals surface area contributed by atoms with Crippen LogP contribution in [0.1, 0.15) is 52.9 Å². The first-order valence-electron chi connectivity index (χ1n) is 7.69. The maximum absolute atomic E-state index is 13.1. The van der Waals surface area contributed by atoms with Gasteiger partial charge in [0.05, 0.1) is 0 Å². The highest BCUT2D eigenvalue weighted by Gasteiger charge is 2.44. The Hall–Kier alpha value is -0.910. The molecule has 0 saturated heterocycles. The average Bonchev–Trinajstić information content (AvgIpc) is 2.49. The van der Waals surface area contributed by atoms with E-state index in [-0.39, 0.29) is 17.8 Å². The topological polar surface area (TPSA) is 78.9 Å². The summed E-state index contributed by atoms with van der Waals surface area (Å²) in [5.41, 5.74) is 5.05. The molecule has 0 bridgehead atoms. The van der Waals surface area contributed by atoms with Crippen LogP contribution < -0.4 is 5.73 Å². The van der Waals surface area contributed by atoms with Crippen LogP contribution in [-0.2, 0) is 4.79 Å². The van der Waals surface area contributed by atoms with Crippen molar-refractivity contribution in [2.75, 3.05) is 19.1 Å². The van der Waals surface area contributed by atoms with E-state index >= 15 is 0 Å². The van der Waals surface area contributed by atoms with Gasteiger partial charge in [0.1, 0.15) is 5.41 Å². The molecule has 6 heteroatoms. The largest absolute Gasteiger partial charge is 0.409 e. The molecule has 0 aliphatic rings. The molecule has 0 radical (unpaired) electrons. The van der Waals surface area contributed by atoms with Crippen molar-refractivity contribution in [3.63, 3.8) is 0 Å². The number of amidine groups is 1. The molecule has 0 rings (SSSR count). The van der Waals surface area contributed by atoms with Crippen molar-refractivity contribution in [1.29, 1.82) is 0 Å². The fourth-order valence-corrected chi connectivity index (χ4v) is 3.70. The first-order chi connectivity index (χ1) is 9.94. The summed E-state index contributed by atoms with van der Waals surface area (Å²) >= 11 is 1.73. The van der Waals surface area contributed by atoms with Gasteiger partial charge in [-0.15, -0.1) is 0 Å². The van der Waals surface area contributed by atoms with Crippen molar-refractivity contribution < 1.29 is 10.0 Å². The molecule has 0 spiro atoms. The zero-order chi connectivity index (χ0) is 16.5. The lowest BCUT2D eigenvalue weighted by atomic mass is 9.76. The minimum atomic E-state index is -0.876. The first-order valence-corrected chi connectivity index (χ1v) is 9.08. The van der Waals surface area contributed by atoms with E-state index in [1.54, 1.807) is 16.7 Å². The molecule has 0 saturated carbocycles. The standard InChI is InChI=1S/C15H31N3O2S/c1-6-9-15(10-7-2,13(16)17-20)14(19)18(4)12(8-3)11-21-5/h12,20H,6-11H2,1-5H3,(H2,16,17). The summed E-state index contributed by atoms with van der Waals surface area (Å²) < 4.78 is 0. The van der Waals surface area contributed by atoms with Crippen LogP contribution in [0, 0.1) is 5.41 Å². The Balaban J connectivity index is 5.53. The van der Waals surface area contributed by atoms with Crippen LogP contribution in [0.15, 0.2) is 5.16 Å². The number of thioether (sulfide) groups is 1. The fraction of sp³-hybridized carbons (Fsp3) is 0.867. The van der Waals surface area contributed by atoms with Crippen molar-refractivity contribution >= 4 is 23.5 Å². The van der Waals surface area contributed by atoms with Crippen LogP contribution in [0.2, 0.25) is 0 Å². The van der Waals surface area contributed by atoms with E-state index in [4.69, 9.17) is 10.9 Å². The van der Waals surface area contributed by atoms with Crippen LogP contribution in [-0.4, -0.2) is 46.9 Å². The third-order valence-electron chi connectivity index (χ3n) is 4.06. The molecule has 3 N–H and O–H groups in total. The van der Waals surface area contributed by atoms with Gasteiger partial charge in [-0.1, -0.05) is 38.8 Å². The predicted molar refractivity (Wildman–Crippen MR) is 90.9 cm³/mol. The number of nitrogens with two attached hydrogens (primary N) is 1. The number of hydrogen-bond donors (Lipinski definition) is 2. The molecule has 0 aliphatic carbocycles. The van der Waals surface area contributed by atoms with Gasteiger partial charge in [-0.3, -0.25) is 4.79 Å². The van der Waals surface area contributed by atoms with E-state index in [0.29, 0.717) is 12.8 Å². The molecular weight excluding hydrogens is 286 g/mol. The highest BCUT2D eigenvalue weighted by molar-refractivity contribution is 7.98. The van der Waals surface area contributed by atoms with E-state index < -0.39 is 5.41 Å². The number of rotatable bonds is 10. The minimum absolute atomic E-state index is 0.0256. The smallest absolute Gasteiger partial charge is 0.236 e. The van der Waals surface area contributed by atoms with Crippen LogP contribution in [0.3, 0.4) is 0 Å². The average molecular weight is 317 g/mol. The van der Waals surface area contributed by atoms with Gasteiger partial charge in [0.25, 0.3) is 0 Å². The summed E-state index contributed by atoms with van der Waals surface area (Å²) in [6.07, 6.45) is 5.78. The maximum Gasteiger partial charge on any atom is 0.236 e. The van der Waals surface area contributed by atoms with E-state index in [9.17, 15) is 4.79 Å². The van der Waals surface area contributed by atoms with Crippen molar-refractivity contribution in [1.82, 2.24) is 4.90 Å². The molecule has 0 heterocycles. The van der Waals surface area contributed by atoms with Crippen LogP contribution >= 0.6 is 11.8 Å². The van der Waals surface area contributed by atoms with Gasteiger partial charge in [-0.2, -0.15) is 11.8 Å². The summed E-state index contributed by atoms with van der Waals surface area (Å²) in [6.45, 7) is 6.11. The van der Waals surface area contributed by atoms with E-state index in [2.05, 4.69) is 12.1 Å². The van der Waals surface area contributed by atoms with Gasteiger partial charge >= 0.3 is 0 Å². The molecule has 0 aromatic rings. The van der Waals surface area contributed by atoms with Crippen molar-refractivity contribution in [3.05, 3.63) is 0 Å². The monoisotopic (exact) mass is 317 g/mol. The molecule has 0 aliphatic heterocycles. The second-order valence-electron chi connectivity index (χ2n) is 5.50. The lowest BCUT2D eigenvalue weighted by Gasteiger charge is -2.37. The molecule has 1 amide bonds. The zero-order valence-electron chi connectivity index (χ0n) is 14.1. The fourth-order valence-electron chi connectivity index (χ4n) is 2.85. The summed E-state index contributed by atoms with van der Waals surface area (Å²) in [7, 11) is 1.83. The molecule has 124 valence electrons. The second-order valence-corrected chi connectivity index (χ2v) is 6.41. The van der Waals surface area contributed by atoms with Crippen molar-refractivity contribution in [2.45, 2.75) is 58.9 Å². The first kappa shape index (κ1) is 20.1. The van der Waals surface area contributed by atoms with Crippen LogP contribution in [0.25, 0.3) is 0 Å². The van der Waals surface area contributed by atoms with Crippen molar-refractivity contribution in [3.8, 4) is 0 Å². The Morgan fingerprint density at radius 3 is 2.19 bits per heavy atom. The molecule has 0 fully saturated rings. The van der Waals surface area contributed by atoms with Gasteiger partial charge in [0, 0.05) is 18.8 Å². The third-order valence-corrected chi connectivity index (χ3v) is 4.78. The predicted octanol–water partition coefficient (Wildman–Crippen LogP) is 2.92. The number of amides is 1. The Bertz CT molecular complexity index is 342.